The molecule has 174 valence electrons. The highest BCUT2D eigenvalue weighted by molar-refractivity contribution is 6.11. The van der Waals surface area contributed by atoms with Crippen LogP contribution < -0.4 is 5.32 Å². The second-order valence-corrected chi connectivity index (χ2v) is 8.05. The number of rotatable bonds is 6. The SMILES string of the molecule is CC(=O)c1oc2ccccc2c1NC(=O)C(C)OC(=O)c1ccc(-n2cnc3ccccc32)cc1. The van der Waals surface area contributed by atoms with Gasteiger partial charge in [-0.25, -0.2) is 9.78 Å². The number of aromatic nitrogens is 2. The first kappa shape index (κ1) is 22.1. The van der Waals surface area contributed by atoms with Crippen LogP contribution in [0.15, 0.2) is 83.5 Å². The Hall–Kier alpha value is -4.72. The van der Waals surface area contributed by atoms with Crippen LogP contribution in [-0.2, 0) is 9.53 Å². The topological polar surface area (TPSA) is 103 Å². The number of anilines is 1. The molecule has 3 aromatic carbocycles. The van der Waals surface area contributed by atoms with Gasteiger partial charge in [0.2, 0.25) is 0 Å². The summed E-state index contributed by atoms with van der Waals surface area (Å²) in [7, 11) is 0. The van der Waals surface area contributed by atoms with Gasteiger partial charge in [-0.3, -0.25) is 14.2 Å². The van der Waals surface area contributed by atoms with Crippen molar-refractivity contribution in [3.05, 3.63) is 90.4 Å². The van der Waals surface area contributed by atoms with E-state index in [0.29, 0.717) is 16.5 Å². The highest BCUT2D eigenvalue weighted by Crippen LogP contribution is 2.31. The van der Waals surface area contributed by atoms with Gasteiger partial charge in [-0.1, -0.05) is 24.3 Å². The molecule has 5 aromatic rings. The zero-order chi connectivity index (χ0) is 24.5. The van der Waals surface area contributed by atoms with Gasteiger partial charge < -0.3 is 14.5 Å². The number of nitrogens with zero attached hydrogens (tertiary/aromatic N) is 2. The Morgan fingerprint density at radius 3 is 2.46 bits per heavy atom. The quantitative estimate of drug-likeness (QED) is 0.273. The van der Waals surface area contributed by atoms with Gasteiger partial charge in [-0.05, 0) is 55.5 Å². The Morgan fingerprint density at radius 1 is 0.971 bits per heavy atom. The molecular weight excluding hydrogens is 446 g/mol. The Labute approximate surface area is 200 Å². The summed E-state index contributed by atoms with van der Waals surface area (Å²) in [6, 6.07) is 21.6. The predicted molar refractivity (Wildman–Crippen MR) is 131 cm³/mol. The number of furan rings is 1. The molecule has 8 nitrogen and oxygen atoms in total. The van der Waals surface area contributed by atoms with Gasteiger partial charge in [-0.15, -0.1) is 0 Å². The van der Waals surface area contributed by atoms with E-state index >= 15 is 0 Å². The fourth-order valence-electron chi connectivity index (χ4n) is 3.85. The summed E-state index contributed by atoms with van der Waals surface area (Å²) in [6.07, 6.45) is 0.618. The number of imidazole rings is 1. The van der Waals surface area contributed by atoms with E-state index in [-0.39, 0.29) is 17.2 Å². The van der Waals surface area contributed by atoms with Crippen LogP contribution in [0.4, 0.5) is 5.69 Å². The number of amides is 1. The molecule has 0 spiro atoms. The summed E-state index contributed by atoms with van der Waals surface area (Å²) < 4.78 is 12.9. The zero-order valence-corrected chi connectivity index (χ0v) is 19.0. The molecular formula is C27H21N3O5. The van der Waals surface area contributed by atoms with Crippen molar-refractivity contribution in [1.29, 1.82) is 0 Å². The number of fused-ring (bicyclic) bond motifs is 2. The molecule has 0 aliphatic rings. The van der Waals surface area contributed by atoms with Crippen LogP contribution in [-0.4, -0.2) is 33.3 Å². The van der Waals surface area contributed by atoms with Crippen molar-refractivity contribution in [3.63, 3.8) is 0 Å². The maximum absolute atomic E-state index is 12.8. The summed E-state index contributed by atoms with van der Waals surface area (Å²) >= 11 is 0. The number of para-hydroxylation sites is 3. The molecule has 0 aliphatic carbocycles. The molecule has 1 amide bonds. The van der Waals surface area contributed by atoms with Crippen molar-refractivity contribution < 1.29 is 23.5 Å². The first-order valence-electron chi connectivity index (χ1n) is 11.0. The average molecular weight is 467 g/mol. The van der Waals surface area contributed by atoms with Gasteiger partial charge in [0, 0.05) is 18.0 Å². The Kier molecular flexibility index (Phi) is 5.62. The average Bonchev–Trinajstić information content (AvgIpc) is 3.46. The number of nitrogens with one attached hydrogen (secondary N) is 1. The molecule has 0 saturated carbocycles. The molecule has 0 aliphatic heterocycles. The van der Waals surface area contributed by atoms with Crippen molar-refractivity contribution >= 4 is 45.3 Å². The number of Topliss-reactive ketones (excluding diaryl/α,β-unsaturated/α-hetero) is 1. The van der Waals surface area contributed by atoms with Crippen LogP contribution >= 0.6 is 0 Å². The Morgan fingerprint density at radius 2 is 1.69 bits per heavy atom. The molecule has 0 saturated heterocycles. The van der Waals surface area contributed by atoms with Gasteiger partial charge in [-0.2, -0.15) is 0 Å². The molecule has 1 unspecified atom stereocenters. The normalized spacial score (nSPS) is 11.9. The minimum absolute atomic E-state index is 0.0423. The third-order valence-corrected chi connectivity index (χ3v) is 5.65. The standard InChI is InChI=1S/C27H21N3O5/c1-16(31)25-24(20-7-3-6-10-23(20)35-25)29-26(32)17(2)34-27(33)18-11-13-19(14-12-18)30-15-28-21-8-4-5-9-22(21)30/h3-15,17H,1-2H3,(H,29,32). The number of benzene rings is 3. The maximum atomic E-state index is 12.8. The highest BCUT2D eigenvalue weighted by atomic mass is 16.5. The number of hydrogen-bond donors (Lipinski definition) is 1. The van der Waals surface area contributed by atoms with Crippen LogP contribution in [0, 0.1) is 0 Å². The van der Waals surface area contributed by atoms with Crippen LogP contribution in [0.1, 0.15) is 34.8 Å². The largest absolute Gasteiger partial charge is 0.451 e. The summed E-state index contributed by atoms with van der Waals surface area (Å²) in [5.74, 6) is -1.50. The van der Waals surface area contributed by atoms with E-state index in [9.17, 15) is 14.4 Å². The molecule has 2 heterocycles. The third-order valence-electron chi connectivity index (χ3n) is 5.65. The van der Waals surface area contributed by atoms with Crippen LogP contribution in [0.2, 0.25) is 0 Å². The number of carbonyl (C=O) groups is 3. The second-order valence-electron chi connectivity index (χ2n) is 8.05. The zero-order valence-electron chi connectivity index (χ0n) is 19.0. The lowest BCUT2D eigenvalue weighted by Crippen LogP contribution is -2.30. The molecule has 35 heavy (non-hydrogen) atoms. The molecule has 5 rings (SSSR count). The van der Waals surface area contributed by atoms with E-state index in [0.717, 1.165) is 16.7 Å². The van der Waals surface area contributed by atoms with Crippen molar-refractivity contribution in [2.24, 2.45) is 0 Å². The van der Waals surface area contributed by atoms with E-state index in [2.05, 4.69) is 10.3 Å². The smallest absolute Gasteiger partial charge is 0.338 e. The number of ether oxygens (including phenoxy) is 1. The lowest BCUT2D eigenvalue weighted by atomic mass is 10.2. The van der Waals surface area contributed by atoms with Gasteiger partial charge >= 0.3 is 5.97 Å². The van der Waals surface area contributed by atoms with Crippen LogP contribution in [0.3, 0.4) is 0 Å². The van der Waals surface area contributed by atoms with E-state index in [1.807, 2.05) is 28.8 Å². The van der Waals surface area contributed by atoms with E-state index in [1.54, 1.807) is 54.9 Å². The van der Waals surface area contributed by atoms with Gasteiger partial charge in [0.05, 0.1) is 22.3 Å². The molecule has 1 atom stereocenters. The number of carbonyl (C=O) groups excluding carboxylic acids is 3. The van der Waals surface area contributed by atoms with E-state index in [4.69, 9.17) is 9.15 Å². The minimum atomic E-state index is -1.10. The van der Waals surface area contributed by atoms with Crippen molar-refractivity contribution in [1.82, 2.24) is 9.55 Å². The van der Waals surface area contributed by atoms with E-state index in [1.165, 1.54) is 13.8 Å². The summed E-state index contributed by atoms with van der Waals surface area (Å²) in [4.78, 5) is 41.8. The van der Waals surface area contributed by atoms with Crippen molar-refractivity contribution in [3.8, 4) is 5.69 Å². The minimum Gasteiger partial charge on any atom is -0.451 e. The van der Waals surface area contributed by atoms with Crippen LogP contribution in [0.5, 0.6) is 0 Å². The summed E-state index contributed by atoms with van der Waals surface area (Å²) in [5.41, 5.74) is 3.70. The molecule has 0 fully saturated rings. The first-order valence-corrected chi connectivity index (χ1v) is 11.0. The predicted octanol–water partition coefficient (Wildman–Crippen LogP) is 5.16. The summed E-state index contributed by atoms with van der Waals surface area (Å²) in [5, 5.41) is 3.27. The number of hydrogen-bond acceptors (Lipinski definition) is 6. The molecule has 1 N–H and O–H groups in total. The van der Waals surface area contributed by atoms with E-state index < -0.39 is 18.0 Å². The summed E-state index contributed by atoms with van der Waals surface area (Å²) in [6.45, 7) is 2.82. The third kappa shape index (κ3) is 4.17. The lowest BCUT2D eigenvalue weighted by molar-refractivity contribution is -0.123. The van der Waals surface area contributed by atoms with Crippen LogP contribution in [0.25, 0.3) is 27.7 Å². The Balaban J connectivity index is 1.30. The molecule has 0 bridgehead atoms. The van der Waals surface area contributed by atoms with Gasteiger partial charge in [0.1, 0.15) is 11.9 Å². The molecule has 2 aromatic heterocycles. The van der Waals surface area contributed by atoms with Gasteiger partial charge in [0.15, 0.2) is 17.6 Å². The first-order chi connectivity index (χ1) is 16.9. The van der Waals surface area contributed by atoms with Gasteiger partial charge in [0.25, 0.3) is 5.91 Å². The maximum Gasteiger partial charge on any atom is 0.338 e. The molecule has 8 heteroatoms. The second kappa shape index (κ2) is 8.90. The van der Waals surface area contributed by atoms with Crippen molar-refractivity contribution in [2.45, 2.75) is 20.0 Å². The number of ketones is 1. The Bertz CT molecular complexity index is 1580. The fraction of sp³-hybridized carbons (Fsp3) is 0.111. The monoisotopic (exact) mass is 467 g/mol. The molecule has 0 radical (unpaired) electrons. The lowest BCUT2D eigenvalue weighted by Gasteiger charge is -2.14. The highest BCUT2D eigenvalue weighted by Gasteiger charge is 2.24. The number of esters is 1. The van der Waals surface area contributed by atoms with Crippen molar-refractivity contribution in [2.75, 3.05) is 5.32 Å². The fourth-order valence-corrected chi connectivity index (χ4v) is 3.85.